The van der Waals surface area contributed by atoms with Gasteiger partial charge in [0, 0.05) is 0 Å². The Hall–Kier alpha value is -1.63. The molecule has 14 heavy (non-hydrogen) atoms. The van der Waals surface area contributed by atoms with Crippen molar-refractivity contribution in [2.45, 2.75) is 18.9 Å². The molecule has 0 spiro atoms. The van der Waals surface area contributed by atoms with Crippen molar-refractivity contribution >= 4 is 17.8 Å². The molecule has 1 unspecified atom stereocenters. The highest BCUT2D eigenvalue weighted by atomic mass is 16.4. The minimum atomic E-state index is -2.32. The van der Waals surface area contributed by atoms with Crippen LogP contribution in [-0.4, -0.2) is 33.6 Å². The standard InChI is InChI=1S/C7H12N2O5/c1-3(4(10)11)2-7(9,5(8)12)6(13)14/h3H,2,9H2,1H3,(H2,8,12)(H,10,11)(H,13,14)/t3?,7-/m1/s1. The van der Waals surface area contributed by atoms with Crippen LogP contribution in [0, 0.1) is 5.92 Å². The molecule has 1 amide bonds. The second-order valence-electron chi connectivity index (χ2n) is 3.08. The number of rotatable bonds is 5. The molecular weight excluding hydrogens is 192 g/mol. The number of carboxylic acids is 2. The van der Waals surface area contributed by atoms with Gasteiger partial charge in [-0.1, -0.05) is 6.92 Å². The first-order valence-electron chi connectivity index (χ1n) is 3.76. The number of carboxylic acid groups (broad SMARTS) is 2. The van der Waals surface area contributed by atoms with Crippen molar-refractivity contribution in [3.63, 3.8) is 0 Å². The number of hydrogen-bond acceptors (Lipinski definition) is 4. The van der Waals surface area contributed by atoms with E-state index in [9.17, 15) is 14.4 Å². The van der Waals surface area contributed by atoms with Crippen molar-refractivity contribution < 1.29 is 24.6 Å². The summed E-state index contributed by atoms with van der Waals surface area (Å²) in [5, 5.41) is 17.1. The number of aliphatic carboxylic acids is 2. The Labute approximate surface area is 79.7 Å². The third kappa shape index (κ3) is 2.43. The van der Waals surface area contributed by atoms with Gasteiger partial charge >= 0.3 is 11.9 Å². The number of carbonyl (C=O) groups is 3. The van der Waals surface area contributed by atoms with Crippen LogP contribution in [0.15, 0.2) is 0 Å². The van der Waals surface area contributed by atoms with E-state index in [4.69, 9.17) is 21.7 Å². The highest BCUT2D eigenvalue weighted by Crippen LogP contribution is 2.15. The van der Waals surface area contributed by atoms with Crippen molar-refractivity contribution in [1.29, 1.82) is 0 Å². The first-order chi connectivity index (χ1) is 6.21. The molecule has 0 fully saturated rings. The van der Waals surface area contributed by atoms with Gasteiger partial charge in [0.2, 0.25) is 5.91 Å². The predicted octanol–water partition coefficient (Wildman–Crippen LogP) is -1.64. The van der Waals surface area contributed by atoms with E-state index in [0.717, 1.165) is 0 Å². The summed E-state index contributed by atoms with van der Waals surface area (Å²) in [7, 11) is 0. The van der Waals surface area contributed by atoms with Crippen LogP contribution in [0.25, 0.3) is 0 Å². The monoisotopic (exact) mass is 204 g/mol. The van der Waals surface area contributed by atoms with Gasteiger partial charge in [-0.3, -0.25) is 9.59 Å². The van der Waals surface area contributed by atoms with E-state index in [-0.39, 0.29) is 0 Å². The fraction of sp³-hybridized carbons (Fsp3) is 0.571. The Balaban J connectivity index is 4.79. The average Bonchev–Trinajstić information content (AvgIpc) is 2.02. The molecule has 0 aliphatic rings. The fourth-order valence-corrected chi connectivity index (χ4v) is 0.864. The van der Waals surface area contributed by atoms with Gasteiger partial charge in [-0.15, -0.1) is 0 Å². The Morgan fingerprint density at radius 3 is 2.00 bits per heavy atom. The first kappa shape index (κ1) is 12.4. The molecule has 0 saturated carbocycles. The first-order valence-corrected chi connectivity index (χ1v) is 3.76. The Bertz CT molecular complexity index is 261. The average molecular weight is 204 g/mol. The molecule has 80 valence electrons. The van der Waals surface area contributed by atoms with Crippen LogP contribution in [0.1, 0.15) is 13.3 Å². The summed E-state index contributed by atoms with van der Waals surface area (Å²) in [5.41, 5.74) is 7.65. The van der Waals surface area contributed by atoms with Crippen LogP contribution in [0.3, 0.4) is 0 Å². The maximum absolute atomic E-state index is 10.7. The van der Waals surface area contributed by atoms with E-state index < -0.39 is 35.7 Å². The van der Waals surface area contributed by atoms with Crippen molar-refractivity contribution in [2.75, 3.05) is 0 Å². The molecule has 0 aromatic heterocycles. The summed E-state index contributed by atoms with van der Waals surface area (Å²) in [6, 6.07) is 0. The summed E-state index contributed by atoms with van der Waals surface area (Å²) in [6.07, 6.45) is -0.535. The third-order valence-corrected chi connectivity index (χ3v) is 1.87. The molecule has 0 heterocycles. The largest absolute Gasteiger partial charge is 0.481 e. The summed E-state index contributed by atoms with van der Waals surface area (Å²) >= 11 is 0. The lowest BCUT2D eigenvalue weighted by Crippen LogP contribution is -2.59. The summed E-state index contributed by atoms with van der Waals surface area (Å²) in [5.74, 6) is -5.16. The molecule has 0 bridgehead atoms. The molecule has 0 radical (unpaired) electrons. The summed E-state index contributed by atoms with van der Waals surface area (Å²) < 4.78 is 0. The van der Waals surface area contributed by atoms with Crippen LogP contribution in [0.4, 0.5) is 0 Å². The number of primary amides is 1. The molecule has 6 N–H and O–H groups in total. The Kier molecular flexibility index (Phi) is 3.58. The van der Waals surface area contributed by atoms with E-state index in [1.165, 1.54) is 6.92 Å². The lowest BCUT2D eigenvalue weighted by Gasteiger charge is -2.22. The van der Waals surface area contributed by atoms with Crippen LogP contribution >= 0.6 is 0 Å². The van der Waals surface area contributed by atoms with Crippen molar-refractivity contribution in [1.82, 2.24) is 0 Å². The molecule has 7 nitrogen and oxygen atoms in total. The number of nitrogens with two attached hydrogens (primary N) is 2. The lowest BCUT2D eigenvalue weighted by molar-refractivity contribution is -0.150. The van der Waals surface area contributed by atoms with E-state index in [1.807, 2.05) is 0 Å². The predicted molar refractivity (Wildman–Crippen MR) is 45.2 cm³/mol. The van der Waals surface area contributed by atoms with Gasteiger partial charge in [-0.2, -0.15) is 0 Å². The van der Waals surface area contributed by atoms with Gasteiger partial charge < -0.3 is 21.7 Å². The molecule has 0 rings (SSSR count). The highest BCUT2D eigenvalue weighted by molar-refractivity contribution is 6.06. The Morgan fingerprint density at radius 1 is 1.36 bits per heavy atom. The van der Waals surface area contributed by atoms with Gasteiger partial charge in [0.25, 0.3) is 0 Å². The topological polar surface area (TPSA) is 144 Å². The minimum Gasteiger partial charge on any atom is -0.481 e. The zero-order chi connectivity index (χ0) is 11.5. The van der Waals surface area contributed by atoms with Crippen LogP contribution in [0.5, 0.6) is 0 Å². The lowest BCUT2D eigenvalue weighted by atomic mass is 9.88. The summed E-state index contributed by atoms with van der Waals surface area (Å²) in [4.78, 5) is 31.8. The zero-order valence-electron chi connectivity index (χ0n) is 7.56. The molecular formula is C7H12N2O5. The molecule has 0 aromatic rings. The maximum atomic E-state index is 10.7. The normalized spacial score (nSPS) is 16.7. The van der Waals surface area contributed by atoms with E-state index >= 15 is 0 Å². The van der Waals surface area contributed by atoms with Gasteiger partial charge in [-0.05, 0) is 6.42 Å². The molecule has 0 aliphatic carbocycles. The van der Waals surface area contributed by atoms with Crippen LogP contribution in [-0.2, 0) is 14.4 Å². The quantitative estimate of drug-likeness (QED) is 0.395. The highest BCUT2D eigenvalue weighted by Gasteiger charge is 2.43. The van der Waals surface area contributed by atoms with Crippen LogP contribution < -0.4 is 11.5 Å². The Morgan fingerprint density at radius 2 is 1.79 bits per heavy atom. The van der Waals surface area contributed by atoms with Crippen molar-refractivity contribution in [3.8, 4) is 0 Å². The fourth-order valence-electron chi connectivity index (χ4n) is 0.864. The number of carbonyl (C=O) groups excluding carboxylic acids is 1. The number of amides is 1. The third-order valence-electron chi connectivity index (χ3n) is 1.87. The van der Waals surface area contributed by atoms with Gasteiger partial charge in [0.1, 0.15) is 0 Å². The van der Waals surface area contributed by atoms with Gasteiger partial charge in [-0.25, -0.2) is 4.79 Å². The van der Waals surface area contributed by atoms with Crippen molar-refractivity contribution in [2.24, 2.45) is 17.4 Å². The molecule has 7 heteroatoms. The zero-order valence-corrected chi connectivity index (χ0v) is 7.56. The summed E-state index contributed by atoms with van der Waals surface area (Å²) in [6.45, 7) is 1.25. The smallest absolute Gasteiger partial charge is 0.333 e. The maximum Gasteiger partial charge on any atom is 0.333 e. The van der Waals surface area contributed by atoms with E-state index in [0.29, 0.717) is 0 Å². The van der Waals surface area contributed by atoms with E-state index in [1.54, 1.807) is 0 Å². The van der Waals surface area contributed by atoms with Crippen molar-refractivity contribution in [3.05, 3.63) is 0 Å². The number of hydrogen-bond donors (Lipinski definition) is 4. The minimum absolute atomic E-state index is 0.535. The van der Waals surface area contributed by atoms with Crippen LogP contribution in [0.2, 0.25) is 0 Å². The SMILES string of the molecule is CC(C[C@@](N)(C(N)=O)C(=O)O)C(=O)O. The molecule has 2 atom stereocenters. The molecule has 0 aliphatic heterocycles. The second-order valence-corrected chi connectivity index (χ2v) is 3.08. The van der Waals surface area contributed by atoms with Gasteiger partial charge in [0.15, 0.2) is 5.54 Å². The van der Waals surface area contributed by atoms with Gasteiger partial charge in [0.05, 0.1) is 5.92 Å². The van der Waals surface area contributed by atoms with E-state index in [2.05, 4.69) is 0 Å². The second kappa shape index (κ2) is 4.05. The molecule has 0 aromatic carbocycles. The molecule has 0 saturated heterocycles.